The number of nitro groups is 1. The van der Waals surface area contributed by atoms with Crippen LogP contribution in [0, 0.1) is 17.0 Å². The zero-order chi connectivity index (χ0) is 19.2. The van der Waals surface area contributed by atoms with Gasteiger partial charge in [0, 0.05) is 25.6 Å². The molecule has 0 saturated carbocycles. The van der Waals surface area contributed by atoms with Crippen LogP contribution in [0.25, 0.3) is 0 Å². The molecule has 7 nitrogen and oxygen atoms in total. The molecule has 0 aromatic heterocycles. The van der Waals surface area contributed by atoms with Crippen LogP contribution in [0.1, 0.15) is 11.1 Å². The predicted octanol–water partition coefficient (Wildman–Crippen LogP) is 2.79. The van der Waals surface area contributed by atoms with Gasteiger partial charge in [0.05, 0.1) is 18.1 Å². The monoisotopic (exact) mass is 369 g/mol. The molecule has 1 unspecified atom stereocenters. The predicted molar refractivity (Wildman–Crippen MR) is 103 cm³/mol. The molecular weight excluding hydrogens is 346 g/mol. The molecule has 3 rings (SSSR count). The van der Waals surface area contributed by atoms with Gasteiger partial charge in [0.2, 0.25) is 5.91 Å². The van der Waals surface area contributed by atoms with Gasteiger partial charge in [0.25, 0.3) is 5.69 Å². The first kappa shape index (κ1) is 18.8. The molecule has 1 amide bonds. The van der Waals surface area contributed by atoms with Gasteiger partial charge in [-0.05, 0) is 18.6 Å². The first-order chi connectivity index (χ1) is 13.0. The number of nitrogens with zero attached hydrogens (tertiary/aromatic N) is 2. The second kappa shape index (κ2) is 8.64. The van der Waals surface area contributed by atoms with Crippen molar-refractivity contribution in [2.45, 2.75) is 19.4 Å². The van der Waals surface area contributed by atoms with Crippen LogP contribution in [0.2, 0.25) is 0 Å². The van der Waals surface area contributed by atoms with Gasteiger partial charge >= 0.3 is 0 Å². The van der Waals surface area contributed by atoms with Gasteiger partial charge in [-0.15, -0.1) is 0 Å². The van der Waals surface area contributed by atoms with Crippen molar-refractivity contribution in [3.63, 3.8) is 0 Å². The summed E-state index contributed by atoms with van der Waals surface area (Å²) in [5, 5.41) is 14.4. The fourth-order valence-electron chi connectivity index (χ4n) is 3.11. The number of benzene rings is 2. The number of rotatable bonds is 6. The molecule has 1 atom stereocenters. The largest absolute Gasteiger partial charge is 0.378 e. The van der Waals surface area contributed by atoms with Crippen LogP contribution < -0.4 is 5.32 Å². The van der Waals surface area contributed by atoms with E-state index in [1.807, 2.05) is 31.2 Å². The smallest absolute Gasteiger partial charge is 0.292 e. The zero-order valence-electron chi connectivity index (χ0n) is 15.3. The highest BCUT2D eigenvalue weighted by Crippen LogP contribution is 2.25. The molecule has 142 valence electrons. The quantitative estimate of drug-likeness (QED) is 0.625. The lowest BCUT2D eigenvalue weighted by Crippen LogP contribution is -2.48. The molecule has 1 aliphatic heterocycles. The lowest BCUT2D eigenvalue weighted by atomic mass is 10.0. The maximum absolute atomic E-state index is 13.1. The van der Waals surface area contributed by atoms with E-state index in [1.165, 1.54) is 6.07 Å². The minimum atomic E-state index is -0.591. The lowest BCUT2D eigenvalue weighted by Gasteiger charge is -2.31. The molecule has 0 bridgehead atoms. The summed E-state index contributed by atoms with van der Waals surface area (Å²) in [6.07, 6.45) is 0.447. The number of nitrogens with one attached hydrogen (secondary N) is 1. The summed E-state index contributed by atoms with van der Waals surface area (Å²) in [7, 11) is 0. The lowest BCUT2D eigenvalue weighted by molar-refractivity contribution is -0.384. The number of amides is 1. The maximum atomic E-state index is 13.1. The second-order valence-corrected chi connectivity index (χ2v) is 6.60. The van der Waals surface area contributed by atoms with Crippen molar-refractivity contribution >= 4 is 17.3 Å². The molecule has 1 aliphatic rings. The molecule has 1 fully saturated rings. The number of aryl methyl sites for hydroxylation is 1. The van der Waals surface area contributed by atoms with E-state index >= 15 is 0 Å². The Labute approximate surface area is 158 Å². The number of carbonyl (C=O) groups excluding carboxylic acids is 1. The Kier molecular flexibility index (Phi) is 6.03. The Hall–Kier alpha value is -2.93. The highest BCUT2D eigenvalue weighted by Gasteiger charge is 2.28. The van der Waals surface area contributed by atoms with Crippen LogP contribution in [-0.4, -0.2) is 48.1 Å². The number of carbonyl (C=O) groups is 1. The van der Waals surface area contributed by atoms with E-state index < -0.39 is 11.0 Å². The Bertz CT molecular complexity index is 801. The van der Waals surface area contributed by atoms with Crippen LogP contribution in [-0.2, 0) is 16.0 Å². The molecular formula is C20H23N3O4. The van der Waals surface area contributed by atoms with Crippen molar-refractivity contribution in [2.24, 2.45) is 0 Å². The van der Waals surface area contributed by atoms with E-state index in [9.17, 15) is 14.9 Å². The van der Waals surface area contributed by atoms with Crippen LogP contribution in [0.5, 0.6) is 0 Å². The van der Waals surface area contributed by atoms with Gasteiger partial charge in [-0.1, -0.05) is 42.0 Å². The molecule has 7 heteroatoms. The third-order valence-electron chi connectivity index (χ3n) is 4.61. The Morgan fingerprint density at radius 2 is 1.85 bits per heavy atom. The molecule has 1 heterocycles. The minimum Gasteiger partial charge on any atom is -0.378 e. The molecule has 0 aliphatic carbocycles. The Morgan fingerprint density at radius 1 is 1.19 bits per heavy atom. The number of hydrogen-bond acceptors (Lipinski definition) is 5. The molecule has 0 radical (unpaired) electrons. The summed E-state index contributed by atoms with van der Waals surface area (Å²) in [5.41, 5.74) is 2.45. The van der Waals surface area contributed by atoms with Crippen LogP contribution in [0.15, 0.2) is 48.5 Å². The summed E-state index contributed by atoms with van der Waals surface area (Å²) in [4.78, 5) is 25.7. The molecule has 0 spiro atoms. The first-order valence-corrected chi connectivity index (χ1v) is 8.96. The number of para-hydroxylation sites is 2. The van der Waals surface area contributed by atoms with Crippen LogP contribution in [0.4, 0.5) is 11.4 Å². The summed E-state index contributed by atoms with van der Waals surface area (Å²) >= 11 is 0. The van der Waals surface area contributed by atoms with Crippen molar-refractivity contribution in [3.8, 4) is 0 Å². The van der Waals surface area contributed by atoms with E-state index in [0.29, 0.717) is 38.4 Å². The number of hydrogen-bond donors (Lipinski definition) is 1. The van der Waals surface area contributed by atoms with Crippen molar-refractivity contribution in [1.82, 2.24) is 4.90 Å². The number of nitro benzene ring substituents is 1. The first-order valence-electron chi connectivity index (χ1n) is 8.96. The van der Waals surface area contributed by atoms with Crippen molar-refractivity contribution in [3.05, 3.63) is 69.8 Å². The number of ether oxygens (including phenoxy) is 1. The summed E-state index contributed by atoms with van der Waals surface area (Å²) < 4.78 is 5.33. The van der Waals surface area contributed by atoms with E-state index in [4.69, 9.17) is 4.74 Å². The third-order valence-corrected chi connectivity index (χ3v) is 4.61. The SMILES string of the molecule is Cc1ccc(CC(Nc2ccccc2[N+](=O)[O-])C(=O)N2CCOCC2)cc1. The summed E-state index contributed by atoms with van der Waals surface area (Å²) in [6.45, 7) is 4.08. The number of morpholine rings is 1. The van der Waals surface area contributed by atoms with Gasteiger partial charge in [0.1, 0.15) is 11.7 Å². The normalized spacial score (nSPS) is 15.2. The molecule has 2 aromatic carbocycles. The van der Waals surface area contributed by atoms with Crippen LogP contribution >= 0.6 is 0 Å². The zero-order valence-corrected chi connectivity index (χ0v) is 15.3. The topological polar surface area (TPSA) is 84.7 Å². The highest BCUT2D eigenvalue weighted by atomic mass is 16.6. The van der Waals surface area contributed by atoms with Gasteiger partial charge in [-0.25, -0.2) is 0 Å². The fourth-order valence-corrected chi connectivity index (χ4v) is 3.11. The third kappa shape index (κ3) is 4.83. The molecule has 2 aromatic rings. The van der Waals surface area contributed by atoms with E-state index in [0.717, 1.165) is 11.1 Å². The second-order valence-electron chi connectivity index (χ2n) is 6.60. The minimum absolute atomic E-state index is 0.0406. The van der Waals surface area contributed by atoms with E-state index in [-0.39, 0.29) is 11.6 Å². The van der Waals surface area contributed by atoms with E-state index in [1.54, 1.807) is 23.1 Å². The number of anilines is 1. The fraction of sp³-hybridized carbons (Fsp3) is 0.350. The van der Waals surface area contributed by atoms with Gasteiger partial charge in [0.15, 0.2) is 0 Å². The van der Waals surface area contributed by atoms with Crippen molar-refractivity contribution < 1.29 is 14.5 Å². The Morgan fingerprint density at radius 3 is 2.52 bits per heavy atom. The molecule has 27 heavy (non-hydrogen) atoms. The summed E-state index contributed by atoms with van der Waals surface area (Å²) in [6, 6.07) is 13.8. The Balaban J connectivity index is 1.85. The molecule has 1 saturated heterocycles. The van der Waals surface area contributed by atoms with Gasteiger partial charge in [-0.2, -0.15) is 0 Å². The van der Waals surface area contributed by atoms with Gasteiger partial charge < -0.3 is 15.0 Å². The van der Waals surface area contributed by atoms with E-state index in [2.05, 4.69) is 5.32 Å². The average molecular weight is 369 g/mol. The van der Waals surface area contributed by atoms with Crippen molar-refractivity contribution in [1.29, 1.82) is 0 Å². The maximum Gasteiger partial charge on any atom is 0.292 e. The van der Waals surface area contributed by atoms with Crippen molar-refractivity contribution in [2.75, 3.05) is 31.6 Å². The van der Waals surface area contributed by atoms with Crippen LogP contribution in [0.3, 0.4) is 0 Å². The summed E-state index contributed by atoms with van der Waals surface area (Å²) in [5.74, 6) is -0.0722. The highest BCUT2D eigenvalue weighted by molar-refractivity contribution is 5.86. The van der Waals surface area contributed by atoms with Gasteiger partial charge in [-0.3, -0.25) is 14.9 Å². The average Bonchev–Trinajstić information content (AvgIpc) is 2.69. The molecule has 1 N–H and O–H groups in total. The standard InChI is InChI=1S/C20H23N3O4/c1-15-6-8-16(9-7-15)14-18(20(24)22-10-12-27-13-11-22)21-17-4-2-3-5-19(17)23(25)26/h2-9,18,21H,10-14H2,1H3.